The van der Waals surface area contributed by atoms with Gasteiger partial charge in [-0.25, -0.2) is 9.59 Å². The van der Waals surface area contributed by atoms with Crippen molar-refractivity contribution >= 4 is 45.6 Å². The van der Waals surface area contributed by atoms with Crippen molar-refractivity contribution in [1.82, 2.24) is 4.90 Å². The van der Waals surface area contributed by atoms with Gasteiger partial charge in [0, 0.05) is 16.7 Å². The van der Waals surface area contributed by atoms with Gasteiger partial charge in [-0.05, 0) is 52.4 Å². The van der Waals surface area contributed by atoms with Crippen molar-refractivity contribution in [3.05, 3.63) is 95.4 Å². The molecule has 0 unspecified atom stereocenters. The van der Waals surface area contributed by atoms with E-state index in [0.717, 1.165) is 37.2 Å². The number of fused-ring (bicyclic) bond motifs is 1. The maximum Gasteiger partial charge on any atom is 0.519 e. The Morgan fingerprint density at radius 1 is 0.911 bits per heavy atom. The maximum atomic E-state index is 13.8. The van der Waals surface area contributed by atoms with Crippen LogP contribution >= 0.6 is 11.3 Å². The van der Waals surface area contributed by atoms with E-state index >= 15 is 0 Å². The SMILES string of the molecule is C[C@H]([C@H](Cc1csc2ccccc12)c1ccc(-c2ccccc2)cc1)N(CC(=O)O)C(=O)[C@@H]1COC(OC(=O)O)(OC(=O)O)O1. The molecule has 0 bridgehead atoms. The van der Waals surface area contributed by atoms with Crippen molar-refractivity contribution < 1.29 is 53.4 Å². The molecule has 1 saturated heterocycles. The number of carboxylic acid groups (broad SMARTS) is 3. The van der Waals surface area contributed by atoms with Crippen molar-refractivity contribution in [3.63, 3.8) is 0 Å². The van der Waals surface area contributed by atoms with Crippen LogP contribution in [0.5, 0.6) is 0 Å². The minimum absolute atomic E-state index is 0.409. The summed E-state index contributed by atoms with van der Waals surface area (Å²) in [5.74, 6) is -2.59. The Balaban J connectivity index is 1.49. The second-order valence-corrected chi connectivity index (χ2v) is 11.2. The summed E-state index contributed by atoms with van der Waals surface area (Å²) >= 11 is 1.58. The third-order valence-corrected chi connectivity index (χ3v) is 8.52. The first-order valence-electron chi connectivity index (χ1n) is 13.8. The molecule has 12 nitrogen and oxygen atoms in total. The first-order valence-corrected chi connectivity index (χ1v) is 14.7. The van der Waals surface area contributed by atoms with Crippen LogP contribution in [0.4, 0.5) is 9.59 Å². The predicted molar refractivity (Wildman–Crippen MR) is 161 cm³/mol. The number of ether oxygens (including phenoxy) is 4. The Labute approximate surface area is 260 Å². The van der Waals surface area contributed by atoms with Gasteiger partial charge in [0.2, 0.25) is 0 Å². The van der Waals surface area contributed by atoms with E-state index < -0.39 is 61.6 Å². The molecular weight excluding hydrogens is 606 g/mol. The van der Waals surface area contributed by atoms with Gasteiger partial charge in [-0.2, -0.15) is 0 Å². The highest BCUT2D eigenvalue weighted by Crippen LogP contribution is 2.36. The van der Waals surface area contributed by atoms with Gasteiger partial charge in [0.05, 0.1) is 6.61 Å². The minimum Gasteiger partial charge on any atom is -0.480 e. The van der Waals surface area contributed by atoms with Gasteiger partial charge in [0.15, 0.2) is 6.10 Å². The van der Waals surface area contributed by atoms with Crippen molar-refractivity contribution in [2.75, 3.05) is 13.2 Å². The smallest absolute Gasteiger partial charge is 0.480 e. The van der Waals surface area contributed by atoms with Crippen LogP contribution in [-0.4, -0.2) is 75.9 Å². The van der Waals surface area contributed by atoms with E-state index in [-0.39, 0.29) is 0 Å². The summed E-state index contributed by atoms with van der Waals surface area (Å²) in [6.45, 7) is 0.332. The molecule has 3 aromatic carbocycles. The molecule has 1 aliphatic heterocycles. The second kappa shape index (κ2) is 13.3. The van der Waals surface area contributed by atoms with Gasteiger partial charge in [-0.1, -0.05) is 72.8 Å². The number of carbonyl (C=O) groups excluding carboxylic acids is 1. The Morgan fingerprint density at radius 3 is 2.18 bits per heavy atom. The maximum absolute atomic E-state index is 13.8. The first-order chi connectivity index (χ1) is 21.5. The van der Waals surface area contributed by atoms with E-state index in [1.54, 1.807) is 18.3 Å². The van der Waals surface area contributed by atoms with Crippen LogP contribution in [0.2, 0.25) is 0 Å². The summed E-state index contributed by atoms with van der Waals surface area (Å²) in [7, 11) is 0. The van der Waals surface area contributed by atoms with Crippen LogP contribution in [-0.2, 0) is 35.0 Å². The van der Waals surface area contributed by atoms with Gasteiger partial charge in [0.25, 0.3) is 5.91 Å². The van der Waals surface area contributed by atoms with E-state index in [9.17, 15) is 24.3 Å². The van der Waals surface area contributed by atoms with Crippen LogP contribution in [0, 0.1) is 0 Å². The number of aliphatic carboxylic acids is 1. The van der Waals surface area contributed by atoms with Gasteiger partial charge < -0.3 is 29.7 Å². The van der Waals surface area contributed by atoms with Gasteiger partial charge in [-0.15, -0.1) is 11.3 Å². The lowest BCUT2D eigenvalue weighted by Crippen LogP contribution is -2.51. The number of carbonyl (C=O) groups is 4. The Bertz CT molecular complexity index is 1670. The van der Waals surface area contributed by atoms with E-state index in [1.807, 2.05) is 84.2 Å². The monoisotopic (exact) mass is 635 g/mol. The largest absolute Gasteiger partial charge is 0.519 e. The van der Waals surface area contributed by atoms with Crippen LogP contribution in [0.3, 0.4) is 0 Å². The highest BCUT2D eigenvalue weighted by Gasteiger charge is 2.54. The molecule has 1 aliphatic rings. The molecule has 3 atom stereocenters. The molecule has 0 aliphatic carbocycles. The molecule has 13 heteroatoms. The summed E-state index contributed by atoms with van der Waals surface area (Å²) in [6.07, 6.45) is -8.19. The molecule has 234 valence electrons. The molecule has 3 N–H and O–H groups in total. The molecule has 2 heterocycles. The zero-order valence-electron chi connectivity index (χ0n) is 23.9. The van der Waals surface area contributed by atoms with E-state index in [0.29, 0.717) is 6.42 Å². The molecule has 1 aromatic heterocycles. The van der Waals surface area contributed by atoms with Gasteiger partial charge >= 0.3 is 24.4 Å². The fourth-order valence-electron chi connectivity index (χ4n) is 5.40. The van der Waals surface area contributed by atoms with Crippen LogP contribution in [0.1, 0.15) is 24.0 Å². The van der Waals surface area contributed by atoms with Crippen LogP contribution in [0.15, 0.2) is 84.2 Å². The second-order valence-electron chi connectivity index (χ2n) is 10.3. The lowest BCUT2D eigenvalue weighted by Gasteiger charge is -2.35. The van der Waals surface area contributed by atoms with E-state index in [2.05, 4.69) is 9.47 Å². The molecular formula is C32H29NO11S. The highest BCUT2D eigenvalue weighted by atomic mass is 32.1. The highest BCUT2D eigenvalue weighted by molar-refractivity contribution is 7.17. The predicted octanol–water partition coefficient (Wildman–Crippen LogP) is 5.61. The zero-order valence-corrected chi connectivity index (χ0v) is 24.7. The third-order valence-electron chi connectivity index (χ3n) is 7.51. The fraction of sp³-hybridized carbons (Fsp3) is 0.250. The standard InChI is InChI=1S/C32H29NO11S/c1-19(33(16-28(34)35)29(36)26-17-41-32(42-26,43-30(37)38)44-31(39)40)25(15-23-18-45-27-10-6-5-9-24(23)27)22-13-11-21(12-14-22)20-7-3-2-4-8-20/h2-14,18-19,25-26H,15-17H2,1H3,(H,34,35)(H,37,38)(H,39,40)/t19-,25+,26+/m1/s1. The number of rotatable bonds is 11. The van der Waals surface area contributed by atoms with E-state index in [1.165, 1.54) is 0 Å². The average molecular weight is 636 g/mol. The Morgan fingerprint density at radius 2 is 1.53 bits per heavy atom. The number of amides is 1. The molecule has 4 aromatic rings. The topological polar surface area (TPSA) is 169 Å². The molecule has 1 amide bonds. The lowest BCUT2D eigenvalue weighted by molar-refractivity contribution is -0.427. The fourth-order valence-corrected chi connectivity index (χ4v) is 6.38. The van der Waals surface area contributed by atoms with Crippen molar-refractivity contribution in [2.24, 2.45) is 0 Å². The minimum atomic E-state index is -3.04. The van der Waals surface area contributed by atoms with Crippen molar-refractivity contribution in [1.29, 1.82) is 0 Å². The molecule has 1 fully saturated rings. The third kappa shape index (κ3) is 7.23. The number of benzene rings is 3. The number of hydrogen-bond donors (Lipinski definition) is 3. The van der Waals surface area contributed by atoms with Gasteiger partial charge in [0.1, 0.15) is 6.54 Å². The molecule has 0 radical (unpaired) electrons. The summed E-state index contributed by atoms with van der Waals surface area (Å²) in [5.41, 5.74) is 3.87. The summed E-state index contributed by atoms with van der Waals surface area (Å²) in [4.78, 5) is 49.3. The summed E-state index contributed by atoms with van der Waals surface area (Å²) in [5, 5.41) is 31.0. The normalized spacial score (nSPS) is 16.9. The lowest BCUT2D eigenvalue weighted by atomic mass is 9.84. The summed E-state index contributed by atoms with van der Waals surface area (Å²) in [6, 6.07) is 24.8. The number of carboxylic acids is 1. The zero-order chi connectivity index (χ0) is 32.1. The number of nitrogens with zero attached hydrogens (tertiary/aromatic N) is 1. The van der Waals surface area contributed by atoms with Crippen molar-refractivity contribution in [3.8, 4) is 11.1 Å². The Kier molecular flexibility index (Phi) is 9.32. The molecule has 0 saturated carbocycles. The van der Waals surface area contributed by atoms with Gasteiger partial charge in [-0.3, -0.25) is 19.1 Å². The number of hydrogen-bond acceptors (Lipinski definition) is 9. The number of thiophene rings is 1. The quantitative estimate of drug-likeness (QED) is 0.138. The first kappa shape index (κ1) is 31.4. The van der Waals surface area contributed by atoms with Crippen LogP contribution < -0.4 is 0 Å². The van der Waals surface area contributed by atoms with Crippen molar-refractivity contribution in [2.45, 2.75) is 37.6 Å². The molecule has 0 spiro atoms. The van der Waals surface area contributed by atoms with E-state index in [4.69, 9.17) is 19.7 Å². The summed E-state index contributed by atoms with van der Waals surface area (Å²) < 4.78 is 20.1. The Hall–Kier alpha value is -4.98. The average Bonchev–Trinajstić information content (AvgIpc) is 3.62. The van der Waals surface area contributed by atoms with Crippen LogP contribution in [0.25, 0.3) is 21.2 Å². The molecule has 45 heavy (non-hydrogen) atoms. The molecule has 5 rings (SSSR count).